The number of para-hydroxylation sites is 4. The molecule has 0 amide bonds. The van der Waals surface area contributed by atoms with Crippen molar-refractivity contribution in [1.29, 1.82) is 0 Å². The minimum Gasteiger partial charge on any atom is -0.490 e. The molecule has 37 heavy (non-hydrogen) atoms. The van der Waals surface area contributed by atoms with Crippen molar-refractivity contribution in [3.8, 4) is 23.0 Å². The lowest BCUT2D eigenvalue weighted by molar-refractivity contribution is 0.0445. The molecule has 0 fully saturated rings. The van der Waals surface area contributed by atoms with Crippen molar-refractivity contribution in [2.45, 2.75) is 0 Å². The van der Waals surface area contributed by atoms with Crippen molar-refractivity contribution < 1.29 is 33.3 Å². The van der Waals surface area contributed by atoms with Gasteiger partial charge >= 0.3 is 11.9 Å². The topological polar surface area (TPSA) is 80.3 Å². The molecule has 0 spiro atoms. The Morgan fingerprint density at radius 1 is 0.459 bits per heavy atom. The molecule has 0 bridgehead atoms. The van der Waals surface area contributed by atoms with Crippen LogP contribution in [-0.2, 0) is 4.74 Å². The first-order valence-electron chi connectivity index (χ1n) is 11.8. The van der Waals surface area contributed by atoms with Crippen LogP contribution in [-0.4, -0.2) is 38.4 Å². The zero-order chi connectivity index (χ0) is 25.7. The van der Waals surface area contributed by atoms with Crippen molar-refractivity contribution in [2.75, 3.05) is 26.4 Å². The Labute approximate surface area is 215 Å². The lowest BCUT2D eigenvalue weighted by atomic mass is 10.2. The number of carbonyl (C=O) groups is 2. The second kappa shape index (κ2) is 13.3. The van der Waals surface area contributed by atoms with Crippen LogP contribution in [0.4, 0.5) is 0 Å². The van der Waals surface area contributed by atoms with Crippen LogP contribution in [0.3, 0.4) is 0 Å². The SMILES string of the molecule is O=C(Oc1ccccc1C(=O)OCCOc1ccccc1)c1ccccc1OCCOc1ccccc1. The Morgan fingerprint density at radius 3 is 1.54 bits per heavy atom. The highest BCUT2D eigenvalue weighted by Crippen LogP contribution is 2.24. The standard InChI is InChI=1S/C30H26O7/c31-29(36-22-20-34-24-13-5-2-6-14-24)26-16-8-10-18-28(26)37-30(32)25-15-7-9-17-27(25)35-21-19-33-23-11-3-1-4-12-23/h1-18H,19-22H2. The Balaban J connectivity index is 1.32. The zero-order valence-electron chi connectivity index (χ0n) is 20.1. The van der Waals surface area contributed by atoms with Crippen LogP contribution in [0.25, 0.3) is 0 Å². The largest absolute Gasteiger partial charge is 0.490 e. The van der Waals surface area contributed by atoms with Crippen LogP contribution in [0.2, 0.25) is 0 Å². The van der Waals surface area contributed by atoms with Gasteiger partial charge in [-0.15, -0.1) is 0 Å². The fourth-order valence-corrected chi connectivity index (χ4v) is 3.36. The smallest absolute Gasteiger partial charge is 0.347 e. The van der Waals surface area contributed by atoms with Gasteiger partial charge in [0.25, 0.3) is 0 Å². The molecule has 0 aliphatic carbocycles. The molecule has 7 nitrogen and oxygen atoms in total. The second-order valence-electron chi connectivity index (χ2n) is 7.69. The first-order valence-corrected chi connectivity index (χ1v) is 11.8. The van der Waals surface area contributed by atoms with Crippen LogP contribution in [0, 0.1) is 0 Å². The summed E-state index contributed by atoms with van der Waals surface area (Å²) in [6.07, 6.45) is 0. The highest BCUT2D eigenvalue weighted by atomic mass is 16.6. The van der Waals surface area contributed by atoms with Gasteiger partial charge in [-0.05, 0) is 48.5 Å². The van der Waals surface area contributed by atoms with Crippen LogP contribution in [0.1, 0.15) is 20.7 Å². The Bertz CT molecular complexity index is 1290. The maximum atomic E-state index is 13.0. The van der Waals surface area contributed by atoms with E-state index >= 15 is 0 Å². The highest BCUT2D eigenvalue weighted by molar-refractivity contribution is 5.97. The molecule has 4 rings (SSSR count). The molecule has 4 aromatic rings. The molecule has 0 radical (unpaired) electrons. The van der Waals surface area contributed by atoms with Gasteiger partial charge in [-0.25, -0.2) is 9.59 Å². The minimum absolute atomic E-state index is 0.0394. The van der Waals surface area contributed by atoms with Crippen LogP contribution in [0.5, 0.6) is 23.0 Å². The number of carbonyl (C=O) groups excluding carboxylic acids is 2. The highest BCUT2D eigenvalue weighted by Gasteiger charge is 2.20. The van der Waals surface area contributed by atoms with Crippen LogP contribution in [0.15, 0.2) is 109 Å². The lowest BCUT2D eigenvalue weighted by Gasteiger charge is -2.13. The van der Waals surface area contributed by atoms with Gasteiger partial charge in [0.2, 0.25) is 0 Å². The third-order valence-corrected chi connectivity index (χ3v) is 5.10. The molecule has 0 heterocycles. The van der Waals surface area contributed by atoms with E-state index in [-0.39, 0.29) is 36.7 Å². The predicted octanol–water partition coefficient (Wildman–Crippen LogP) is 5.60. The summed E-state index contributed by atoms with van der Waals surface area (Å²) in [6, 6.07) is 31.7. The summed E-state index contributed by atoms with van der Waals surface area (Å²) in [5.41, 5.74) is 0.354. The second-order valence-corrected chi connectivity index (χ2v) is 7.69. The molecule has 0 saturated heterocycles. The molecular formula is C30H26O7. The maximum Gasteiger partial charge on any atom is 0.347 e. The van der Waals surface area contributed by atoms with E-state index in [1.165, 1.54) is 12.1 Å². The number of rotatable bonds is 12. The molecule has 0 aliphatic heterocycles. The van der Waals surface area contributed by atoms with Crippen molar-refractivity contribution in [1.82, 2.24) is 0 Å². The van der Waals surface area contributed by atoms with E-state index in [4.69, 9.17) is 23.7 Å². The van der Waals surface area contributed by atoms with E-state index in [1.807, 2.05) is 60.7 Å². The molecule has 4 aromatic carbocycles. The van der Waals surface area contributed by atoms with Gasteiger partial charge in [-0.1, -0.05) is 60.7 Å². The van der Waals surface area contributed by atoms with E-state index in [9.17, 15) is 9.59 Å². The van der Waals surface area contributed by atoms with Crippen molar-refractivity contribution in [3.63, 3.8) is 0 Å². The minimum atomic E-state index is -0.660. The predicted molar refractivity (Wildman–Crippen MR) is 137 cm³/mol. The fourth-order valence-electron chi connectivity index (χ4n) is 3.36. The summed E-state index contributed by atoms with van der Waals surface area (Å²) in [6.45, 7) is 0.761. The van der Waals surface area contributed by atoms with Gasteiger partial charge in [0.05, 0.1) is 0 Å². The van der Waals surface area contributed by atoms with Crippen molar-refractivity contribution in [3.05, 3.63) is 120 Å². The molecule has 0 saturated carbocycles. The van der Waals surface area contributed by atoms with Gasteiger partial charge in [-0.3, -0.25) is 0 Å². The van der Waals surface area contributed by atoms with E-state index in [0.717, 1.165) is 5.75 Å². The summed E-state index contributed by atoms with van der Waals surface area (Å²) in [4.78, 5) is 25.6. The monoisotopic (exact) mass is 498 g/mol. The first-order chi connectivity index (χ1) is 18.2. The van der Waals surface area contributed by atoms with Crippen LogP contribution >= 0.6 is 0 Å². The molecule has 188 valence electrons. The van der Waals surface area contributed by atoms with Gasteiger partial charge in [-0.2, -0.15) is 0 Å². The molecular weight excluding hydrogens is 472 g/mol. The average molecular weight is 499 g/mol. The molecule has 0 N–H and O–H groups in total. The zero-order valence-corrected chi connectivity index (χ0v) is 20.1. The summed E-state index contributed by atoms with van der Waals surface area (Å²) in [7, 11) is 0. The fraction of sp³-hybridized carbons (Fsp3) is 0.133. The first kappa shape index (κ1) is 25.3. The summed E-state index contributed by atoms with van der Waals surface area (Å²) in [5, 5.41) is 0. The Hall–Kier alpha value is -4.78. The molecule has 0 aromatic heterocycles. The lowest BCUT2D eigenvalue weighted by Crippen LogP contribution is -2.16. The Morgan fingerprint density at radius 2 is 0.919 bits per heavy atom. The van der Waals surface area contributed by atoms with E-state index in [1.54, 1.807) is 36.4 Å². The summed E-state index contributed by atoms with van der Waals surface area (Å²) < 4.78 is 27.8. The maximum absolute atomic E-state index is 13.0. The van der Waals surface area contributed by atoms with Gasteiger partial charge in [0.15, 0.2) is 0 Å². The average Bonchev–Trinajstić information content (AvgIpc) is 2.95. The van der Waals surface area contributed by atoms with Crippen molar-refractivity contribution in [2.24, 2.45) is 0 Å². The normalized spacial score (nSPS) is 10.3. The van der Waals surface area contributed by atoms with Gasteiger partial charge in [0.1, 0.15) is 60.6 Å². The van der Waals surface area contributed by atoms with E-state index < -0.39 is 11.9 Å². The van der Waals surface area contributed by atoms with Crippen molar-refractivity contribution >= 4 is 11.9 Å². The van der Waals surface area contributed by atoms with E-state index in [2.05, 4.69) is 0 Å². The summed E-state index contributed by atoms with van der Waals surface area (Å²) in [5.74, 6) is 0.565. The third kappa shape index (κ3) is 7.60. The number of esters is 2. The number of benzene rings is 4. The van der Waals surface area contributed by atoms with Crippen LogP contribution < -0.4 is 18.9 Å². The van der Waals surface area contributed by atoms with E-state index in [0.29, 0.717) is 18.1 Å². The van der Waals surface area contributed by atoms with Gasteiger partial charge in [0, 0.05) is 0 Å². The molecule has 7 heteroatoms. The number of hydrogen-bond acceptors (Lipinski definition) is 7. The number of ether oxygens (including phenoxy) is 5. The Kier molecular flexibility index (Phi) is 9.13. The quantitative estimate of drug-likeness (QED) is 0.143. The molecule has 0 aliphatic rings. The molecule has 0 unspecified atom stereocenters. The van der Waals surface area contributed by atoms with Gasteiger partial charge < -0.3 is 23.7 Å². The summed E-state index contributed by atoms with van der Waals surface area (Å²) >= 11 is 0. The third-order valence-electron chi connectivity index (χ3n) is 5.10. The number of hydrogen-bond donors (Lipinski definition) is 0. The molecule has 0 atom stereocenters.